The molecule has 0 spiro atoms. The monoisotopic (exact) mass is 382 g/mol. The van der Waals surface area contributed by atoms with E-state index in [9.17, 15) is 14.4 Å². The molecule has 7 heteroatoms. The molecule has 0 aliphatic carbocycles. The third-order valence-corrected chi connectivity index (χ3v) is 4.87. The third-order valence-electron chi connectivity index (χ3n) is 4.87. The fourth-order valence-corrected chi connectivity index (χ4v) is 3.54. The summed E-state index contributed by atoms with van der Waals surface area (Å²) in [6.07, 6.45) is 4.05. The molecule has 2 fully saturated rings. The topological polar surface area (TPSA) is 95.7 Å². The minimum Gasteiger partial charge on any atom is -0.370 e. The lowest BCUT2D eigenvalue weighted by Crippen LogP contribution is -2.57. The Bertz CT molecular complexity index is 488. The zero-order valence-electron chi connectivity index (χ0n) is 17.5. The third kappa shape index (κ3) is 8.28. The molecule has 2 heterocycles. The lowest BCUT2D eigenvalue weighted by atomic mass is 9.93. The molecule has 0 aromatic rings. The summed E-state index contributed by atoms with van der Waals surface area (Å²) in [4.78, 5) is 39.5. The Morgan fingerprint density at radius 1 is 1.19 bits per heavy atom. The maximum atomic E-state index is 12.5. The van der Waals surface area contributed by atoms with Gasteiger partial charge in [0.2, 0.25) is 17.7 Å². The summed E-state index contributed by atoms with van der Waals surface area (Å²) in [7, 11) is 0. The van der Waals surface area contributed by atoms with Crippen molar-refractivity contribution in [2.24, 2.45) is 17.6 Å². The summed E-state index contributed by atoms with van der Waals surface area (Å²) < 4.78 is 0. The Labute approximate surface area is 164 Å². The first kappa shape index (κ1) is 23.4. The predicted molar refractivity (Wildman–Crippen MR) is 107 cm³/mol. The molecule has 0 aromatic heterocycles. The second-order valence-corrected chi connectivity index (χ2v) is 8.10. The number of piperidine rings is 1. The van der Waals surface area contributed by atoms with Crippen LogP contribution in [0.3, 0.4) is 0 Å². The number of piperazine rings is 1. The zero-order valence-corrected chi connectivity index (χ0v) is 17.5. The maximum Gasteiger partial charge on any atom is 0.242 e. The highest BCUT2D eigenvalue weighted by atomic mass is 16.2. The van der Waals surface area contributed by atoms with Crippen LogP contribution in [0.5, 0.6) is 0 Å². The average Bonchev–Trinajstić information content (AvgIpc) is 2.59. The van der Waals surface area contributed by atoms with Gasteiger partial charge in [0.05, 0.1) is 12.6 Å². The van der Waals surface area contributed by atoms with Crippen molar-refractivity contribution in [1.82, 2.24) is 15.1 Å². The second kappa shape index (κ2) is 12.0. The van der Waals surface area contributed by atoms with Crippen molar-refractivity contribution >= 4 is 17.7 Å². The van der Waals surface area contributed by atoms with E-state index in [0.717, 1.165) is 25.8 Å². The summed E-state index contributed by atoms with van der Waals surface area (Å²) in [5, 5.41) is 3.25. The Morgan fingerprint density at radius 3 is 2.30 bits per heavy atom. The highest BCUT2D eigenvalue weighted by Gasteiger charge is 2.31. The molecule has 2 saturated heterocycles. The van der Waals surface area contributed by atoms with Crippen LogP contribution < -0.4 is 11.1 Å². The number of hydrogen-bond acceptors (Lipinski definition) is 4. The van der Waals surface area contributed by atoms with Gasteiger partial charge >= 0.3 is 0 Å². The van der Waals surface area contributed by atoms with Crippen molar-refractivity contribution in [2.45, 2.75) is 65.8 Å². The number of nitrogens with zero attached hydrogens (tertiary/aromatic N) is 2. The molecule has 0 radical (unpaired) electrons. The van der Waals surface area contributed by atoms with Crippen molar-refractivity contribution in [3.05, 3.63) is 0 Å². The van der Waals surface area contributed by atoms with E-state index in [1.54, 1.807) is 4.90 Å². The van der Waals surface area contributed by atoms with E-state index in [-0.39, 0.29) is 36.2 Å². The number of likely N-dealkylation sites (tertiary alicyclic amines) is 1. The van der Waals surface area contributed by atoms with Gasteiger partial charge in [-0.1, -0.05) is 34.1 Å². The Balaban J connectivity index is 0.00000114. The summed E-state index contributed by atoms with van der Waals surface area (Å²) in [6, 6.07) is -0.173. The van der Waals surface area contributed by atoms with Crippen LogP contribution in [0.1, 0.15) is 59.8 Å². The van der Waals surface area contributed by atoms with Gasteiger partial charge in [-0.25, -0.2) is 0 Å². The van der Waals surface area contributed by atoms with Gasteiger partial charge in [0.25, 0.3) is 0 Å². The quantitative estimate of drug-likeness (QED) is 0.725. The van der Waals surface area contributed by atoms with Crippen molar-refractivity contribution in [1.29, 1.82) is 0 Å². The average molecular weight is 383 g/mol. The molecule has 27 heavy (non-hydrogen) atoms. The minimum absolute atomic E-state index is 0.00562. The summed E-state index contributed by atoms with van der Waals surface area (Å²) in [5.74, 6) is 0.481. The van der Waals surface area contributed by atoms with Crippen molar-refractivity contribution in [3.8, 4) is 0 Å². The SMILES string of the molecule is CC(C)C[C@@H]1NCCN(CC(=O)N2CCC(CC(N)=O)CC2)C1=O.CCC. The van der Waals surface area contributed by atoms with Crippen LogP contribution in [0, 0.1) is 11.8 Å². The van der Waals surface area contributed by atoms with Crippen molar-refractivity contribution in [3.63, 3.8) is 0 Å². The Kier molecular flexibility index (Phi) is 10.4. The van der Waals surface area contributed by atoms with Gasteiger partial charge in [-0.05, 0) is 31.1 Å². The minimum atomic E-state index is -0.276. The number of nitrogens with one attached hydrogen (secondary N) is 1. The first-order valence-electron chi connectivity index (χ1n) is 10.4. The Hall–Kier alpha value is -1.63. The molecule has 2 aliphatic heterocycles. The number of amides is 3. The molecule has 3 amide bonds. The summed E-state index contributed by atoms with van der Waals surface area (Å²) in [5.41, 5.74) is 5.23. The van der Waals surface area contributed by atoms with E-state index in [2.05, 4.69) is 33.0 Å². The Morgan fingerprint density at radius 2 is 1.78 bits per heavy atom. The first-order valence-corrected chi connectivity index (χ1v) is 10.4. The molecule has 0 saturated carbocycles. The van der Waals surface area contributed by atoms with Gasteiger partial charge in [0.1, 0.15) is 0 Å². The molecular formula is C20H38N4O3. The molecule has 0 aromatic carbocycles. The molecule has 0 bridgehead atoms. The number of rotatable bonds is 6. The van der Waals surface area contributed by atoms with E-state index < -0.39 is 0 Å². The number of nitrogens with two attached hydrogens (primary N) is 1. The number of hydrogen-bond donors (Lipinski definition) is 2. The number of carbonyl (C=O) groups excluding carboxylic acids is 3. The largest absolute Gasteiger partial charge is 0.370 e. The van der Waals surface area contributed by atoms with E-state index in [0.29, 0.717) is 32.0 Å². The maximum absolute atomic E-state index is 12.5. The zero-order chi connectivity index (χ0) is 20.4. The molecule has 156 valence electrons. The van der Waals surface area contributed by atoms with Gasteiger partial charge in [0, 0.05) is 32.6 Å². The molecular weight excluding hydrogens is 344 g/mol. The number of carbonyl (C=O) groups is 3. The lowest BCUT2D eigenvalue weighted by molar-refractivity contribution is -0.144. The van der Waals surface area contributed by atoms with E-state index in [4.69, 9.17) is 5.73 Å². The smallest absolute Gasteiger partial charge is 0.242 e. The van der Waals surface area contributed by atoms with Crippen molar-refractivity contribution in [2.75, 3.05) is 32.7 Å². The van der Waals surface area contributed by atoms with E-state index in [1.807, 2.05) is 4.90 Å². The summed E-state index contributed by atoms with van der Waals surface area (Å²) >= 11 is 0. The molecule has 0 unspecified atom stereocenters. The van der Waals surface area contributed by atoms with Gasteiger partial charge in [-0.2, -0.15) is 0 Å². The van der Waals surface area contributed by atoms with Crippen LogP contribution in [0.2, 0.25) is 0 Å². The van der Waals surface area contributed by atoms with Crippen LogP contribution >= 0.6 is 0 Å². The van der Waals surface area contributed by atoms with Crippen molar-refractivity contribution < 1.29 is 14.4 Å². The molecule has 3 N–H and O–H groups in total. The van der Waals surface area contributed by atoms with Crippen LogP contribution in [-0.4, -0.2) is 66.3 Å². The second-order valence-electron chi connectivity index (χ2n) is 8.10. The molecule has 2 aliphatic rings. The highest BCUT2D eigenvalue weighted by Crippen LogP contribution is 2.20. The van der Waals surface area contributed by atoms with Gasteiger partial charge in [-0.3, -0.25) is 14.4 Å². The molecule has 1 atom stereocenters. The van der Waals surface area contributed by atoms with Crippen LogP contribution in [0.25, 0.3) is 0 Å². The van der Waals surface area contributed by atoms with E-state index >= 15 is 0 Å². The molecule has 2 rings (SSSR count). The van der Waals surface area contributed by atoms with E-state index in [1.165, 1.54) is 6.42 Å². The normalized spacial score (nSPS) is 21.1. The standard InChI is InChI=1S/C17H30N4O3.C3H8/c1-12(2)9-14-17(24)21(8-5-19-14)11-16(23)20-6-3-13(4-7-20)10-15(18)22;1-3-2/h12-14,19H,3-11H2,1-2H3,(H2,18,22);3H2,1-2H3/t14-;/m0./s1. The highest BCUT2D eigenvalue weighted by molar-refractivity contribution is 5.88. The van der Waals surface area contributed by atoms with Crippen LogP contribution in [0.15, 0.2) is 0 Å². The molecule has 7 nitrogen and oxygen atoms in total. The first-order chi connectivity index (χ1) is 12.8. The number of primary amides is 1. The fourth-order valence-electron chi connectivity index (χ4n) is 3.54. The van der Waals surface area contributed by atoms with Crippen LogP contribution in [0.4, 0.5) is 0 Å². The fraction of sp³-hybridized carbons (Fsp3) is 0.850. The van der Waals surface area contributed by atoms with Gasteiger partial charge < -0.3 is 20.9 Å². The summed E-state index contributed by atoms with van der Waals surface area (Å²) in [6.45, 7) is 11.2. The lowest BCUT2D eigenvalue weighted by Gasteiger charge is -2.36. The van der Waals surface area contributed by atoms with Gasteiger partial charge in [0.15, 0.2) is 0 Å². The van der Waals surface area contributed by atoms with Crippen LogP contribution in [-0.2, 0) is 14.4 Å². The predicted octanol–water partition coefficient (Wildman–Crippen LogP) is 1.36. The van der Waals surface area contributed by atoms with Gasteiger partial charge in [-0.15, -0.1) is 0 Å².